The van der Waals surface area contributed by atoms with E-state index in [2.05, 4.69) is 0 Å². The van der Waals surface area contributed by atoms with Crippen LogP contribution in [0.4, 0.5) is 32.6 Å². The number of urea groups is 1. The molecule has 6 nitrogen and oxygen atoms in total. The van der Waals surface area contributed by atoms with Crippen molar-refractivity contribution in [2.45, 2.75) is 39.2 Å². The van der Waals surface area contributed by atoms with Crippen LogP contribution in [0.2, 0.25) is 6.04 Å². The first kappa shape index (κ1) is 24.3. The Bertz CT molecular complexity index is 623. The lowest BCUT2D eigenvalue weighted by Crippen LogP contribution is -2.35. The molecule has 1 aromatic carbocycles. The normalized spacial score (nSPS) is 11.1. The van der Waals surface area contributed by atoms with Crippen molar-refractivity contribution < 1.29 is 40.8 Å². The molecule has 2 radical (unpaired) electrons. The van der Waals surface area contributed by atoms with Crippen molar-refractivity contribution in [1.29, 1.82) is 0 Å². The van der Waals surface area contributed by atoms with Crippen LogP contribution in [-0.4, -0.2) is 47.2 Å². The van der Waals surface area contributed by atoms with Gasteiger partial charge in [-0.15, -0.1) is 5.12 Å². The number of carbonyl (C=O) groups is 1. The van der Waals surface area contributed by atoms with Crippen molar-refractivity contribution >= 4 is 21.5 Å². The maximum absolute atomic E-state index is 13.8. The molecular weight excluding hydrogens is 407 g/mol. The van der Waals surface area contributed by atoms with Gasteiger partial charge in [0.2, 0.25) is 9.76 Å². The number of carbonyl (C=O) groups excluding carboxylic acids is 1. The van der Waals surface area contributed by atoms with Gasteiger partial charge in [-0.1, -0.05) is 15.4 Å². The Balaban J connectivity index is 2.38. The second kappa shape index (κ2) is 12.6. The Morgan fingerprint density at radius 2 is 1.71 bits per heavy atom. The Morgan fingerprint density at radius 1 is 1.07 bits per heavy atom. The SMILES string of the molecule is CCOC(OCC)O[Si]CCCCN(F)C(=O)N(F)c1ccc(F)c(F)c1F. The third-order valence-electron chi connectivity index (χ3n) is 3.27. The van der Waals surface area contributed by atoms with Gasteiger partial charge in [-0.2, -0.15) is 5.12 Å². The molecule has 0 atom stereocenters. The summed E-state index contributed by atoms with van der Waals surface area (Å²) in [4.78, 5) is 11.6. The zero-order valence-corrected chi connectivity index (χ0v) is 16.4. The summed E-state index contributed by atoms with van der Waals surface area (Å²) in [6.45, 7) is 3.13. The average Bonchev–Trinajstić information content (AvgIpc) is 2.67. The third-order valence-corrected chi connectivity index (χ3v) is 4.19. The van der Waals surface area contributed by atoms with Crippen LogP contribution in [-0.2, 0) is 13.9 Å². The quantitative estimate of drug-likeness (QED) is 0.124. The predicted octanol–water partition coefficient (Wildman–Crippen LogP) is 4.29. The number of hydrogen-bond donors (Lipinski definition) is 0. The number of halogens is 5. The molecule has 12 heteroatoms. The van der Waals surface area contributed by atoms with Gasteiger partial charge in [-0.05, 0) is 38.4 Å². The van der Waals surface area contributed by atoms with Crippen LogP contribution in [0.1, 0.15) is 26.7 Å². The van der Waals surface area contributed by atoms with Gasteiger partial charge in [-0.25, -0.2) is 18.0 Å². The fourth-order valence-electron chi connectivity index (χ4n) is 1.92. The molecule has 0 fully saturated rings. The van der Waals surface area contributed by atoms with E-state index < -0.39 is 52.4 Å². The minimum Gasteiger partial charge on any atom is -0.372 e. The van der Waals surface area contributed by atoms with Crippen LogP contribution in [0, 0.1) is 17.5 Å². The topological polar surface area (TPSA) is 51.2 Å². The predicted molar refractivity (Wildman–Crippen MR) is 91.0 cm³/mol. The van der Waals surface area contributed by atoms with E-state index in [1.165, 1.54) is 0 Å². The maximum Gasteiger partial charge on any atom is 0.381 e. The zero-order valence-electron chi connectivity index (χ0n) is 15.4. The van der Waals surface area contributed by atoms with Crippen molar-refractivity contribution in [1.82, 2.24) is 5.12 Å². The molecule has 0 bridgehead atoms. The first-order chi connectivity index (χ1) is 13.3. The van der Waals surface area contributed by atoms with Crippen molar-refractivity contribution in [2.75, 3.05) is 24.9 Å². The van der Waals surface area contributed by atoms with Gasteiger partial charge >= 0.3 is 6.03 Å². The highest BCUT2D eigenvalue weighted by Crippen LogP contribution is 2.25. The number of ether oxygens (including phenoxy) is 2. The molecule has 1 aromatic rings. The molecule has 0 aromatic heterocycles. The third kappa shape index (κ3) is 7.34. The minimum atomic E-state index is -1.96. The highest BCUT2D eigenvalue weighted by atomic mass is 28.2. The molecular formula is C16H21F5N2O4Si. The smallest absolute Gasteiger partial charge is 0.372 e. The lowest BCUT2D eigenvalue weighted by atomic mass is 10.3. The van der Waals surface area contributed by atoms with E-state index in [1.807, 2.05) is 0 Å². The Morgan fingerprint density at radius 3 is 2.32 bits per heavy atom. The summed E-state index contributed by atoms with van der Waals surface area (Å²) >= 11 is 0. The zero-order chi connectivity index (χ0) is 21.1. The van der Waals surface area contributed by atoms with E-state index in [9.17, 15) is 26.9 Å². The fraction of sp³-hybridized carbons (Fsp3) is 0.562. The Hall–Kier alpha value is -1.76. The molecule has 28 heavy (non-hydrogen) atoms. The molecule has 0 unspecified atom stereocenters. The lowest BCUT2D eigenvalue weighted by molar-refractivity contribution is -0.243. The maximum atomic E-state index is 13.8. The van der Waals surface area contributed by atoms with Crippen molar-refractivity contribution in [2.24, 2.45) is 0 Å². The van der Waals surface area contributed by atoms with Gasteiger partial charge in [0.05, 0.1) is 6.54 Å². The molecule has 2 amide bonds. The van der Waals surface area contributed by atoms with Crippen LogP contribution >= 0.6 is 0 Å². The number of hydrogen-bond acceptors (Lipinski definition) is 4. The molecule has 0 N–H and O–H groups in total. The van der Waals surface area contributed by atoms with E-state index in [0.717, 1.165) is 0 Å². The van der Waals surface area contributed by atoms with E-state index in [1.54, 1.807) is 13.8 Å². The van der Waals surface area contributed by atoms with Gasteiger partial charge < -0.3 is 13.9 Å². The van der Waals surface area contributed by atoms with E-state index in [4.69, 9.17) is 13.9 Å². The van der Waals surface area contributed by atoms with Gasteiger partial charge in [0.25, 0.3) is 6.48 Å². The number of nitrogens with zero attached hydrogens (tertiary/aromatic N) is 2. The number of benzene rings is 1. The first-order valence-corrected chi connectivity index (χ1v) is 9.63. The van der Waals surface area contributed by atoms with Crippen molar-refractivity contribution in [3.05, 3.63) is 29.6 Å². The van der Waals surface area contributed by atoms with Gasteiger partial charge in [0.15, 0.2) is 17.5 Å². The van der Waals surface area contributed by atoms with Gasteiger partial charge in [0, 0.05) is 13.2 Å². The minimum absolute atomic E-state index is 0.0114. The molecule has 0 aliphatic carbocycles. The largest absolute Gasteiger partial charge is 0.381 e. The summed E-state index contributed by atoms with van der Waals surface area (Å²) in [6, 6.07) is -0.410. The summed E-state index contributed by atoms with van der Waals surface area (Å²) in [5.74, 6) is -5.45. The van der Waals surface area contributed by atoms with E-state index in [-0.39, 0.29) is 16.2 Å². The molecule has 158 valence electrons. The standard InChI is InChI=1S/C16H21F5N2O4Si/c1-3-25-16(26-4-2)27-28-10-6-5-9-22(20)15(24)23(21)12-8-7-11(17)13(18)14(12)19/h7-8,16H,3-6,9-10H2,1-2H3. The molecule has 0 aliphatic rings. The van der Waals surface area contributed by atoms with Crippen molar-refractivity contribution in [3.63, 3.8) is 0 Å². The molecule has 0 heterocycles. The lowest BCUT2D eigenvalue weighted by Gasteiger charge is -2.18. The molecule has 0 saturated carbocycles. The summed E-state index contributed by atoms with van der Waals surface area (Å²) in [7, 11) is 0.0114. The van der Waals surface area contributed by atoms with E-state index >= 15 is 0 Å². The van der Waals surface area contributed by atoms with Gasteiger partial charge in [-0.3, -0.25) is 0 Å². The van der Waals surface area contributed by atoms with Crippen LogP contribution in [0.15, 0.2) is 12.1 Å². The van der Waals surface area contributed by atoms with Crippen LogP contribution in [0.5, 0.6) is 0 Å². The number of amides is 2. The van der Waals surface area contributed by atoms with Crippen LogP contribution in [0.25, 0.3) is 0 Å². The summed E-state index contributed by atoms with van der Waals surface area (Å²) < 4.78 is 82.7. The second-order valence-corrected chi connectivity index (χ2v) is 6.29. The molecule has 0 aliphatic heterocycles. The molecule has 0 spiro atoms. The monoisotopic (exact) mass is 428 g/mol. The number of unbranched alkanes of at least 4 members (excludes halogenated alkanes) is 1. The van der Waals surface area contributed by atoms with Gasteiger partial charge in [0.1, 0.15) is 5.69 Å². The fourth-order valence-corrected chi connectivity index (χ4v) is 2.71. The molecule has 0 saturated heterocycles. The van der Waals surface area contributed by atoms with Crippen LogP contribution in [0.3, 0.4) is 0 Å². The number of anilines is 1. The highest BCUT2D eigenvalue weighted by Gasteiger charge is 2.27. The summed E-state index contributed by atoms with van der Waals surface area (Å²) in [5.41, 5.74) is -1.22. The second-order valence-electron chi connectivity index (χ2n) is 5.26. The first-order valence-electron chi connectivity index (χ1n) is 8.51. The average molecular weight is 428 g/mol. The summed E-state index contributed by atoms with van der Waals surface area (Å²) in [5, 5.41) is -1.40. The Labute approximate surface area is 161 Å². The number of rotatable bonds is 12. The van der Waals surface area contributed by atoms with Crippen LogP contribution < -0.4 is 5.12 Å². The Kier molecular flexibility index (Phi) is 11.0. The molecule has 1 rings (SSSR count). The summed E-state index contributed by atoms with van der Waals surface area (Å²) in [6.07, 6.45) is 0.615. The van der Waals surface area contributed by atoms with E-state index in [0.29, 0.717) is 37.8 Å². The van der Waals surface area contributed by atoms with Crippen molar-refractivity contribution in [3.8, 4) is 0 Å². The highest BCUT2D eigenvalue weighted by molar-refractivity contribution is 6.27.